The monoisotopic (exact) mass is 380 g/mol. The number of hydrogen-bond donors (Lipinski definition) is 3. The summed E-state index contributed by atoms with van der Waals surface area (Å²) < 4.78 is 2.46. The van der Waals surface area contributed by atoms with Gasteiger partial charge >= 0.3 is 0 Å². The number of carbonyl (C=O) groups excluding carboxylic acids is 1. The van der Waals surface area contributed by atoms with Crippen molar-refractivity contribution in [3.63, 3.8) is 0 Å². The number of quaternary nitrogens is 1. The molecule has 25 heavy (non-hydrogen) atoms. The Kier molecular flexibility index (Phi) is 7.54. The number of aryl methyl sites for hydroxylation is 1. The first kappa shape index (κ1) is 19.6. The van der Waals surface area contributed by atoms with Crippen molar-refractivity contribution in [3.05, 3.63) is 33.8 Å². The zero-order valence-corrected chi connectivity index (χ0v) is 16.6. The Morgan fingerprint density at radius 2 is 2.04 bits per heavy atom. The van der Waals surface area contributed by atoms with Crippen LogP contribution < -0.4 is 15.5 Å². The van der Waals surface area contributed by atoms with Crippen LogP contribution in [0, 0.1) is 3.95 Å². The first-order valence-electron chi connectivity index (χ1n) is 8.53. The molecule has 1 aromatic heterocycles. The molecule has 1 amide bonds. The molecule has 2 rings (SSSR count). The number of carbonyl (C=O) groups is 1. The fraction of sp³-hybridized carbons (Fsp3) is 0.471. The molecule has 0 saturated heterocycles. The smallest absolute Gasteiger partial charge is 0.275 e. The quantitative estimate of drug-likeness (QED) is 0.582. The van der Waals surface area contributed by atoms with E-state index in [1.807, 2.05) is 26.1 Å². The number of nitrogens with one attached hydrogen (secondary N) is 3. The van der Waals surface area contributed by atoms with Crippen molar-refractivity contribution in [1.82, 2.24) is 15.1 Å². The van der Waals surface area contributed by atoms with Gasteiger partial charge in [0.2, 0.25) is 5.13 Å². The molecule has 1 aromatic carbocycles. The Morgan fingerprint density at radius 1 is 1.32 bits per heavy atom. The Labute approximate surface area is 157 Å². The van der Waals surface area contributed by atoms with Gasteiger partial charge in [-0.15, -0.1) is 5.10 Å². The van der Waals surface area contributed by atoms with Crippen LogP contribution in [0.1, 0.15) is 25.8 Å². The van der Waals surface area contributed by atoms with Crippen LogP contribution in [0.25, 0.3) is 0 Å². The minimum atomic E-state index is 0.0514. The SMILES string of the molecule is CCCNC(=O)C[NH+](C)Cn1nc(Nc2ccc(CC)cc2)sc1=S. The predicted molar refractivity (Wildman–Crippen MR) is 105 cm³/mol. The van der Waals surface area contributed by atoms with Crippen molar-refractivity contribution in [2.75, 3.05) is 25.5 Å². The maximum atomic E-state index is 11.8. The lowest BCUT2D eigenvalue weighted by Crippen LogP contribution is -3.09. The van der Waals surface area contributed by atoms with Gasteiger partial charge in [0.05, 0.1) is 7.05 Å². The summed E-state index contributed by atoms with van der Waals surface area (Å²) in [5, 5.41) is 11.5. The van der Waals surface area contributed by atoms with Crippen LogP contribution in [0.3, 0.4) is 0 Å². The van der Waals surface area contributed by atoms with Gasteiger partial charge in [-0.05, 0) is 42.8 Å². The first-order chi connectivity index (χ1) is 12.0. The van der Waals surface area contributed by atoms with Crippen LogP contribution in [0.2, 0.25) is 0 Å². The van der Waals surface area contributed by atoms with Crippen LogP contribution in [-0.4, -0.2) is 35.8 Å². The Bertz CT molecular complexity index is 738. The number of amides is 1. The van der Waals surface area contributed by atoms with E-state index in [9.17, 15) is 4.79 Å². The van der Waals surface area contributed by atoms with Gasteiger partial charge in [-0.1, -0.05) is 37.3 Å². The van der Waals surface area contributed by atoms with Crippen molar-refractivity contribution >= 4 is 40.3 Å². The first-order valence-corrected chi connectivity index (χ1v) is 9.76. The van der Waals surface area contributed by atoms with Gasteiger partial charge < -0.3 is 15.5 Å². The van der Waals surface area contributed by atoms with E-state index in [1.165, 1.54) is 16.9 Å². The highest BCUT2D eigenvalue weighted by Gasteiger charge is 2.12. The van der Waals surface area contributed by atoms with Gasteiger partial charge in [0, 0.05) is 12.2 Å². The van der Waals surface area contributed by atoms with Gasteiger partial charge in [-0.2, -0.15) is 4.68 Å². The van der Waals surface area contributed by atoms with Crippen molar-refractivity contribution in [1.29, 1.82) is 0 Å². The minimum absolute atomic E-state index is 0.0514. The third kappa shape index (κ3) is 6.22. The van der Waals surface area contributed by atoms with Crippen LogP contribution in [0.4, 0.5) is 10.8 Å². The van der Waals surface area contributed by atoms with E-state index >= 15 is 0 Å². The largest absolute Gasteiger partial charge is 0.351 e. The van der Waals surface area contributed by atoms with Gasteiger partial charge in [0.1, 0.15) is 0 Å². The predicted octanol–water partition coefficient (Wildman–Crippen LogP) is 1.98. The highest BCUT2D eigenvalue weighted by Crippen LogP contribution is 2.20. The molecule has 0 fully saturated rings. The summed E-state index contributed by atoms with van der Waals surface area (Å²) in [5.41, 5.74) is 2.29. The lowest BCUT2D eigenvalue weighted by atomic mass is 10.1. The molecule has 2 aromatic rings. The van der Waals surface area contributed by atoms with E-state index in [1.54, 1.807) is 4.68 Å². The topological polar surface area (TPSA) is 63.4 Å². The number of aromatic nitrogens is 2. The molecular formula is C17H26N5OS2+. The highest BCUT2D eigenvalue weighted by atomic mass is 32.1. The molecular weight excluding hydrogens is 354 g/mol. The summed E-state index contributed by atoms with van der Waals surface area (Å²) in [4.78, 5) is 12.8. The van der Waals surface area contributed by atoms with Gasteiger partial charge in [-0.25, -0.2) is 0 Å². The lowest BCUT2D eigenvalue weighted by molar-refractivity contribution is -0.895. The van der Waals surface area contributed by atoms with Gasteiger partial charge in [-0.3, -0.25) is 4.79 Å². The van der Waals surface area contributed by atoms with Crippen molar-refractivity contribution in [3.8, 4) is 0 Å². The molecule has 1 heterocycles. The second-order valence-electron chi connectivity index (χ2n) is 5.99. The Balaban J connectivity index is 1.94. The maximum Gasteiger partial charge on any atom is 0.275 e. The molecule has 0 saturated carbocycles. The summed E-state index contributed by atoms with van der Waals surface area (Å²) in [5.74, 6) is 0.0514. The summed E-state index contributed by atoms with van der Waals surface area (Å²) >= 11 is 6.83. The van der Waals surface area contributed by atoms with E-state index in [4.69, 9.17) is 12.2 Å². The molecule has 0 aliphatic rings. The standard InChI is InChI=1S/C17H25N5OS2/c1-4-10-18-15(23)11-21(3)12-22-17(24)25-16(20-22)19-14-8-6-13(5-2)7-9-14/h6-9H,4-5,10-12H2,1-3H3,(H,18,23)(H,19,20)/p+1. The average molecular weight is 381 g/mol. The van der Waals surface area contributed by atoms with Gasteiger partial charge in [0.15, 0.2) is 17.2 Å². The van der Waals surface area contributed by atoms with E-state index < -0.39 is 0 Å². The molecule has 8 heteroatoms. The molecule has 0 aliphatic heterocycles. The Morgan fingerprint density at radius 3 is 2.68 bits per heavy atom. The van der Waals surface area contributed by atoms with E-state index in [0.29, 0.717) is 23.7 Å². The van der Waals surface area contributed by atoms with Crippen molar-refractivity contribution < 1.29 is 9.69 Å². The zero-order chi connectivity index (χ0) is 18.2. The average Bonchev–Trinajstić information content (AvgIpc) is 2.92. The molecule has 136 valence electrons. The lowest BCUT2D eigenvalue weighted by Gasteiger charge is -2.13. The molecule has 3 N–H and O–H groups in total. The maximum absolute atomic E-state index is 11.8. The third-order valence-corrected chi connectivity index (χ3v) is 4.90. The van der Waals surface area contributed by atoms with Crippen LogP contribution in [-0.2, 0) is 17.9 Å². The van der Waals surface area contributed by atoms with E-state index in [2.05, 4.69) is 34.8 Å². The van der Waals surface area contributed by atoms with Crippen LogP contribution in [0.15, 0.2) is 24.3 Å². The number of nitrogens with zero attached hydrogens (tertiary/aromatic N) is 2. The fourth-order valence-corrected chi connectivity index (χ4v) is 3.34. The van der Waals surface area contributed by atoms with E-state index in [-0.39, 0.29) is 5.91 Å². The second kappa shape index (κ2) is 9.65. The Hall–Kier alpha value is -1.77. The van der Waals surface area contributed by atoms with Gasteiger partial charge in [0.25, 0.3) is 5.91 Å². The van der Waals surface area contributed by atoms with Crippen LogP contribution in [0.5, 0.6) is 0 Å². The molecule has 6 nitrogen and oxygen atoms in total. The zero-order valence-electron chi connectivity index (χ0n) is 15.0. The molecule has 0 radical (unpaired) electrons. The number of likely N-dealkylation sites (N-methyl/N-ethyl adjacent to an activating group) is 1. The summed E-state index contributed by atoms with van der Waals surface area (Å²) in [6.45, 7) is 5.85. The highest BCUT2D eigenvalue weighted by molar-refractivity contribution is 7.73. The van der Waals surface area contributed by atoms with Crippen LogP contribution >= 0.6 is 23.6 Å². The summed E-state index contributed by atoms with van der Waals surface area (Å²) in [6.07, 6.45) is 1.96. The number of benzene rings is 1. The third-order valence-electron chi connectivity index (χ3n) is 3.67. The molecule has 1 atom stereocenters. The fourth-order valence-electron chi connectivity index (χ4n) is 2.32. The second-order valence-corrected chi connectivity index (χ2v) is 7.61. The number of anilines is 2. The van der Waals surface area contributed by atoms with Crippen molar-refractivity contribution in [2.45, 2.75) is 33.4 Å². The molecule has 0 aliphatic carbocycles. The molecule has 1 unspecified atom stereocenters. The normalized spacial score (nSPS) is 12.0. The summed E-state index contributed by atoms with van der Waals surface area (Å²) in [6, 6.07) is 8.29. The number of rotatable bonds is 9. The summed E-state index contributed by atoms with van der Waals surface area (Å²) in [7, 11) is 1.96. The molecule has 0 bridgehead atoms. The molecule has 0 spiro atoms. The van der Waals surface area contributed by atoms with Crippen molar-refractivity contribution in [2.24, 2.45) is 0 Å². The minimum Gasteiger partial charge on any atom is -0.351 e. The van der Waals surface area contributed by atoms with E-state index in [0.717, 1.165) is 28.6 Å². The number of hydrogen-bond acceptors (Lipinski definition) is 5.